The van der Waals surface area contributed by atoms with Crippen LogP contribution in [0.25, 0.3) is 21.7 Å². The standard InChI is InChI=1S/C26H25N3O3/c1-3-28(4-2)15-16-29-22(20-11-7-8-14-27-20)21-23(30)19-13-12-17-9-5-6-10-18(17)24(19)32-25(21)26(29)31/h5-14,22H,3-4,15-16H2,1-2H3. The molecule has 0 saturated carbocycles. The lowest BCUT2D eigenvalue weighted by molar-refractivity contribution is 0.0705. The van der Waals surface area contributed by atoms with E-state index in [9.17, 15) is 9.59 Å². The molecule has 6 heteroatoms. The van der Waals surface area contributed by atoms with Crippen molar-refractivity contribution in [3.8, 4) is 0 Å². The first kappa shape index (κ1) is 20.4. The molecular weight excluding hydrogens is 402 g/mol. The molecule has 0 aliphatic carbocycles. The van der Waals surface area contributed by atoms with Crippen molar-refractivity contribution in [2.24, 2.45) is 0 Å². The van der Waals surface area contributed by atoms with Gasteiger partial charge in [0.2, 0.25) is 5.76 Å². The van der Waals surface area contributed by atoms with Crippen LogP contribution in [0.3, 0.4) is 0 Å². The zero-order chi connectivity index (χ0) is 22.2. The first-order valence-electron chi connectivity index (χ1n) is 11.1. The van der Waals surface area contributed by atoms with E-state index < -0.39 is 6.04 Å². The molecule has 1 aliphatic rings. The van der Waals surface area contributed by atoms with Crippen LogP contribution in [0.5, 0.6) is 0 Å². The lowest BCUT2D eigenvalue weighted by atomic mass is 10.0. The van der Waals surface area contributed by atoms with Crippen molar-refractivity contribution >= 4 is 27.6 Å². The number of pyridine rings is 1. The highest BCUT2D eigenvalue weighted by atomic mass is 16.3. The van der Waals surface area contributed by atoms with Gasteiger partial charge in [-0.15, -0.1) is 0 Å². The average molecular weight is 428 g/mol. The summed E-state index contributed by atoms with van der Waals surface area (Å²) in [6, 6.07) is 16.5. The number of likely N-dealkylation sites (N-methyl/N-ethyl adjacent to an activating group) is 1. The molecule has 162 valence electrons. The van der Waals surface area contributed by atoms with Crippen molar-refractivity contribution in [2.75, 3.05) is 26.2 Å². The van der Waals surface area contributed by atoms with Gasteiger partial charge in [0, 0.05) is 24.7 Å². The first-order valence-corrected chi connectivity index (χ1v) is 11.1. The molecule has 0 N–H and O–H groups in total. The SMILES string of the molecule is CCN(CC)CCN1C(=O)c2oc3c(ccc4ccccc43)c(=O)c2C1c1ccccn1. The van der Waals surface area contributed by atoms with Crippen LogP contribution in [0, 0.1) is 0 Å². The van der Waals surface area contributed by atoms with Crippen molar-refractivity contribution in [1.82, 2.24) is 14.8 Å². The maximum absolute atomic E-state index is 13.7. The van der Waals surface area contributed by atoms with Crippen molar-refractivity contribution in [1.29, 1.82) is 0 Å². The van der Waals surface area contributed by atoms with Gasteiger partial charge in [-0.05, 0) is 36.7 Å². The Kier molecular flexibility index (Phi) is 5.23. The van der Waals surface area contributed by atoms with Gasteiger partial charge in [0.15, 0.2) is 5.43 Å². The van der Waals surface area contributed by atoms with Crippen molar-refractivity contribution in [3.05, 3.63) is 88.0 Å². The van der Waals surface area contributed by atoms with E-state index in [0.29, 0.717) is 35.3 Å². The smallest absolute Gasteiger partial charge is 0.291 e. The molecule has 2 aromatic carbocycles. The van der Waals surface area contributed by atoms with E-state index in [-0.39, 0.29) is 17.1 Å². The van der Waals surface area contributed by atoms with Gasteiger partial charge in [-0.1, -0.05) is 50.2 Å². The second kappa shape index (κ2) is 8.20. The number of nitrogens with zero attached hydrogens (tertiary/aromatic N) is 3. The second-order valence-corrected chi connectivity index (χ2v) is 8.02. The number of fused-ring (bicyclic) bond motifs is 4. The van der Waals surface area contributed by atoms with E-state index in [0.717, 1.165) is 23.9 Å². The van der Waals surface area contributed by atoms with Crippen LogP contribution < -0.4 is 5.43 Å². The highest BCUT2D eigenvalue weighted by molar-refractivity contribution is 6.06. The molecule has 4 aromatic rings. The van der Waals surface area contributed by atoms with Gasteiger partial charge in [-0.3, -0.25) is 14.6 Å². The molecule has 2 aromatic heterocycles. The molecule has 6 nitrogen and oxygen atoms in total. The number of amides is 1. The molecule has 32 heavy (non-hydrogen) atoms. The van der Waals surface area contributed by atoms with Crippen LogP contribution in [0.1, 0.15) is 41.7 Å². The lowest BCUT2D eigenvalue weighted by Gasteiger charge is -2.27. The molecule has 5 rings (SSSR count). The van der Waals surface area contributed by atoms with E-state index in [4.69, 9.17) is 4.42 Å². The zero-order valence-electron chi connectivity index (χ0n) is 18.2. The summed E-state index contributed by atoms with van der Waals surface area (Å²) in [7, 11) is 0. The van der Waals surface area contributed by atoms with E-state index in [1.54, 1.807) is 17.2 Å². The van der Waals surface area contributed by atoms with E-state index >= 15 is 0 Å². The zero-order valence-corrected chi connectivity index (χ0v) is 18.2. The summed E-state index contributed by atoms with van der Waals surface area (Å²) < 4.78 is 6.22. The highest BCUT2D eigenvalue weighted by Crippen LogP contribution is 2.38. The van der Waals surface area contributed by atoms with Gasteiger partial charge in [-0.25, -0.2) is 0 Å². The first-order chi connectivity index (χ1) is 15.6. The molecule has 1 amide bonds. The predicted molar refractivity (Wildman–Crippen MR) is 125 cm³/mol. The van der Waals surface area contributed by atoms with E-state index in [2.05, 4.69) is 23.7 Å². The van der Waals surface area contributed by atoms with Gasteiger partial charge in [-0.2, -0.15) is 0 Å². The molecule has 0 radical (unpaired) electrons. The molecular formula is C26H25N3O3. The minimum Gasteiger partial charge on any atom is -0.450 e. The van der Waals surface area contributed by atoms with Crippen LogP contribution in [0.15, 0.2) is 70.0 Å². The summed E-state index contributed by atoms with van der Waals surface area (Å²) >= 11 is 0. The van der Waals surface area contributed by atoms with E-state index in [1.807, 2.05) is 48.5 Å². The Bertz CT molecular complexity index is 1360. The maximum atomic E-state index is 13.7. The fourth-order valence-electron chi connectivity index (χ4n) is 4.61. The Labute approximate surface area is 186 Å². The Morgan fingerprint density at radius 3 is 2.50 bits per heavy atom. The van der Waals surface area contributed by atoms with Crippen molar-refractivity contribution < 1.29 is 9.21 Å². The monoisotopic (exact) mass is 427 g/mol. The predicted octanol–water partition coefficient (Wildman–Crippen LogP) is 4.23. The Hall–Kier alpha value is -3.51. The van der Waals surface area contributed by atoms with E-state index in [1.165, 1.54) is 0 Å². The van der Waals surface area contributed by atoms with Crippen LogP contribution in [0.2, 0.25) is 0 Å². The molecule has 3 heterocycles. The summed E-state index contributed by atoms with van der Waals surface area (Å²) in [5, 5.41) is 2.28. The summed E-state index contributed by atoms with van der Waals surface area (Å²) in [6.07, 6.45) is 1.69. The number of aromatic nitrogens is 1. The summed E-state index contributed by atoms with van der Waals surface area (Å²) in [6.45, 7) is 7.20. The average Bonchev–Trinajstić information content (AvgIpc) is 3.12. The summed E-state index contributed by atoms with van der Waals surface area (Å²) in [5.74, 6) is -0.121. The lowest BCUT2D eigenvalue weighted by Crippen LogP contribution is -2.38. The normalized spacial score (nSPS) is 15.8. The Morgan fingerprint density at radius 2 is 1.75 bits per heavy atom. The largest absolute Gasteiger partial charge is 0.450 e. The minimum atomic E-state index is -0.554. The van der Waals surface area contributed by atoms with Gasteiger partial charge in [0.1, 0.15) is 11.6 Å². The minimum absolute atomic E-state index is 0.133. The number of benzene rings is 2. The summed E-state index contributed by atoms with van der Waals surface area (Å²) in [5.41, 5.74) is 1.36. The highest BCUT2D eigenvalue weighted by Gasteiger charge is 2.43. The number of hydrogen-bond acceptors (Lipinski definition) is 5. The topological polar surface area (TPSA) is 66.7 Å². The van der Waals surface area contributed by atoms with Crippen LogP contribution in [-0.4, -0.2) is 46.9 Å². The molecule has 0 bridgehead atoms. The van der Waals surface area contributed by atoms with Gasteiger partial charge >= 0.3 is 0 Å². The van der Waals surface area contributed by atoms with Gasteiger partial charge < -0.3 is 14.2 Å². The fourth-order valence-corrected chi connectivity index (χ4v) is 4.61. The molecule has 0 fully saturated rings. The number of carbonyl (C=O) groups excluding carboxylic acids is 1. The van der Waals surface area contributed by atoms with Crippen LogP contribution >= 0.6 is 0 Å². The third-order valence-corrected chi connectivity index (χ3v) is 6.38. The van der Waals surface area contributed by atoms with Crippen molar-refractivity contribution in [2.45, 2.75) is 19.9 Å². The van der Waals surface area contributed by atoms with Crippen molar-refractivity contribution in [3.63, 3.8) is 0 Å². The van der Waals surface area contributed by atoms with Gasteiger partial charge in [0.05, 0.1) is 16.6 Å². The Balaban J connectivity index is 1.71. The Morgan fingerprint density at radius 1 is 0.969 bits per heavy atom. The number of rotatable bonds is 6. The number of carbonyl (C=O) groups is 1. The van der Waals surface area contributed by atoms with Crippen LogP contribution in [-0.2, 0) is 0 Å². The summed E-state index contributed by atoms with van der Waals surface area (Å²) in [4.78, 5) is 35.7. The number of hydrogen-bond donors (Lipinski definition) is 0. The van der Waals surface area contributed by atoms with Gasteiger partial charge in [0.25, 0.3) is 5.91 Å². The maximum Gasteiger partial charge on any atom is 0.291 e. The molecule has 1 unspecified atom stereocenters. The fraction of sp³-hybridized carbons (Fsp3) is 0.269. The molecule has 0 saturated heterocycles. The molecule has 1 atom stereocenters. The molecule has 1 aliphatic heterocycles. The second-order valence-electron chi connectivity index (χ2n) is 8.02. The molecule has 0 spiro atoms. The van der Waals surface area contributed by atoms with Crippen LogP contribution in [0.4, 0.5) is 0 Å². The third kappa shape index (κ3) is 3.19. The quantitative estimate of drug-likeness (QED) is 0.431. The third-order valence-electron chi connectivity index (χ3n) is 6.38.